The number of piperidine rings is 1. The van der Waals surface area contributed by atoms with Gasteiger partial charge in [0.15, 0.2) is 0 Å². The molecule has 0 spiro atoms. The van der Waals surface area contributed by atoms with E-state index in [1.54, 1.807) is 0 Å². The topological polar surface area (TPSA) is 58.4 Å². The molecule has 0 aromatic carbocycles. The number of nitrogens with zero attached hydrogens (tertiary/aromatic N) is 3. The van der Waals surface area contributed by atoms with E-state index < -0.39 is 5.97 Å². The third kappa shape index (κ3) is 4.30. The van der Waals surface area contributed by atoms with Gasteiger partial charge in [-0.1, -0.05) is 20.8 Å². The Labute approximate surface area is 126 Å². The molecule has 1 aliphatic rings. The highest BCUT2D eigenvalue weighted by Crippen LogP contribution is 2.27. The first-order valence-corrected chi connectivity index (χ1v) is 7.73. The van der Waals surface area contributed by atoms with Crippen LogP contribution in [-0.2, 0) is 23.8 Å². The third-order valence-electron chi connectivity index (χ3n) is 4.08. The quantitative estimate of drug-likeness (QED) is 0.926. The van der Waals surface area contributed by atoms with Crippen molar-refractivity contribution in [1.29, 1.82) is 0 Å². The monoisotopic (exact) mass is 293 g/mol. The standard InChI is InChI=1S/C16H27N3O2/c1-16(2,3)15-13(10-18(4)17-15)11-19-7-5-6-12(9-19)8-14(20)21/h10,12H,5-9,11H2,1-4H3,(H,20,21). The molecule has 1 N–H and O–H groups in total. The summed E-state index contributed by atoms with van der Waals surface area (Å²) in [6, 6.07) is 0. The van der Waals surface area contributed by atoms with Crippen LogP contribution in [0.3, 0.4) is 0 Å². The fourth-order valence-corrected chi connectivity index (χ4v) is 3.23. The van der Waals surface area contributed by atoms with Crippen LogP contribution < -0.4 is 0 Å². The van der Waals surface area contributed by atoms with Crippen molar-refractivity contribution in [2.45, 2.75) is 52.0 Å². The molecule has 0 saturated carbocycles. The number of aliphatic carboxylic acids is 1. The summed E-state index contributed by atoms with van der Waals surface area (Å²) in [7, 11) is 1.96. The van der Waals surface area contributed by atoms with E-state index in [2.05, 4.69) is 37.0 Å². The van der Waals surface area contributed by atoms with E-state index in [9.17, 15) is 4.79 Å². The van der Waals surface area contributed by atoms with Crippen LogP contribution in [-0.4, -0.2) is 38.8 Å². The Morgan fingerprint density at radius 1 is 1.48 bits per heavy atom. The number of carboxylic acid groups (broad SMARTS) is 1. The number of aryl methyl sites for hydroxylation is 1. The minimum absolute atomic E-state index is 0.0346. The zero-order valence-electron chi connectivity index (χ0n) is 13.6. The van der Waals surface area contributed by atoms with Crippen LogP contribution in [0.5, 0.6) is 0 Å². The molecule has 1 saturated heterocycles. The van der Waals surface area contributed by atoms with Crippen molar-refractivity contribution in [3.8, 4) is 0 Å². The van der Waals surface area contributed by atoms with Gasteiger partial charge in [0.25, 0.3) is 0 Å². The van der Waals surface area contributed by atoms with Crippen molar-refractivity contribution in [3.63, 3.8) is 0 Å². The molecule has 21 heavy (non-hydrogen) atoms. The van der Waals surface area contributed by atoms with E-state index in [0.717, 1.165) is 38.2 Å². The summed E-state index contributed by atoms with van der Waals surface area (Å²) in [4.78, 5) is 13.3. The fourth-order valence-electron chi connectivity index (χ4n) is 3.23. The largest absolute Gasteiger partial charge is 0.481 e. The van der Waals surface area contributed by atoms with Gasteiger partial charge in [0.05, 0.1) is 5.69 Å². The first-order valence-electron chi connectivity index (χ1n) is 7.73. The van der Waals surface area contributed by atoms with Gasteiger partial charge in [-0.15, -0.1) is 0 Å². The Bertz CT molecular complexity index is 502. The van der Waals surface area contributed by atoms with Crippen molar-refractivity contribution in [1.82, 2.24) is 14.7 Å². The van der Waals surface area contributed by atoms with Gasteiger partial charge >= 0.3 is 5.97 Å². The highest BCUT2D eigenvalue weighted by atomic mass is 16.4. The average Bonchev–Trinajstić information content (AvgIpc) is 2.69. The first kappa shape index (κ1) is 16.0. The normalized spacial score (nSPS) is 20.7. The molecule has 118 valence electrons. The second kappa shape index (κ2) is 6.18. The third-order valence-corrected chi connectivity index (χ3v) is 4.08. The second-order valence-electron chi connectivity index (χ2n) is 7.27. The van der Waals surface area contributed by atoms with E-state index in [-0.39, 0.29) is 17.8 Å². The van der Waals surface area contributed by atoms with Crippen molar-refractivity contribution >= 4 is 5.97 Å². The summed E-state index contributed by atoms with van der Waals surface area (Å²) < 4.78 is 1.88. The van der Waals surface area contributed by atoms with Crippen molar-refractivity contribution in [2.24, 2.45) is 13.0 Å². The molecule has 1 unspecified atom stereocenters. The van der Waals surface area contributed by atoms with E-state index >= 15 is 0 Å². The second-order valence-corrected chi connectivity index (χ2v) is 7.27. The van der Waals surface area contributed by atoms with E-state index in [4.69, 9.17) is 5.11 Å². The van der Waals surface area contributed by atoms with Crippen LogP contribution in [0.1, 0.15) is 51.3 Å². The van der Waals surface area contributed by atoms with Crippen LogP contribution >= 0.6 is 0 Å². The predicted octanol–water partition coefficient (Wildman–Crippen LogP) is 2.40. The number of hydrogen-bond acceptors (Lipinski definition) is 3. The molecule has 0 radical (unpaired) electrons. The summed E-state index contributed by atoms with van der Waals surface area (Å²) in [5.74, 6) is -0.399. The van der Waals surface area contributed by atoms with Gasteiger partial charge in [-0.3, -0.25) is 14.4 Å². The molecule has 5 nitrogen and oxygen atoms in total. The van der Waals surface area contributed by atoms with Gasteiger partial charge in [-0.25, -0.2) is 0 Å². The van der Waals surface area contributed by atoms with Crippen molar-refractivity contribution < 1.29 is 9.90 Å². The Hall–Kier alpha value is -1.36. The molecular weight excluding hydrogens is 266 g/mol. The van der Waals surface area contributed by atoms with Gasteiger partial charge in [0.1, 0.15) is 0 Å². The molecule has 2 heterocycles. The number of likely N-dealkylation sites (tertiary alicyclic amines) is 1. The van der Waals surface area contributed by atoms with Gasteiger partial charge < -0.3 is 5.11 Å². The molecule has 0 bridgehead atoms. The van der Waals surface area contributed by atoms with E-state index in [0.29, 0.717) is 0 Å². The smallest absolute Gasteiger partial charge is 0.303 e. The van der Waals surface area contributed by atoms with Crippen LogP contribution in [0, 0.1) is 5.92 Å². The predicted molar refractivity (Wildman–Crippen MR) is 82.2 cm³/mol. The summed E-state index contributed by atoms with van der Waals surface area (Å²) in [5, 5.41) is 13.6. The molecule has 1 aliphatic heterocycles. The number of carboxylic acids is 1. The molecule has 0 amide bonds. The minimum Gasteiger partial charge on any atom is -0.481 e. The molecule has 2 rings (SSSR count). The maximum atomic E-state index is 10.9. The number of carbonyl (C=O) groups is 1. The lowest BCUT2D eigenvalue weighted by Crippen LogP contribution is -2.36. The Kier molecular flexibility index (Phi) is 4.71. The highest BCUT2D eigenvalue weighted by molar-refractivity contribution is 5.67. The van der Waals surface area contributed by atoms with Crippen LogP contribution in [0.25, 0.3) is 0 Å². The summed E-state index contributed by atoms with van der Waals surface area (Å²) in [6.45, 7) is 9.35. The maximum absolute atomic E-state index is 10.9. The number of rotatable bonds is 4. The molecule has 0 aliphatic carbocycles. The minimum atomic E-state index is -0.682. The van der Waals surface area contributed by atoms with E-state index in [1.165, 1.54) is 5.56 Å². The first-order chi connectivity index (χ1) is 9.75. The molecule has 1 aromatic heterocycles. The van der Waals surface area contributed by atoms with Gasteiger partial charge in [0.2, 0.25) is 0 Å². The number of hydrogen-bond donors (Lipinski definition) is 1. The van der Waals surface area contributed by atoms with Gasteiger partial charge in [0, 0.05) is 43.7 Å². The van der Waals surface area contributed by atoms with Crippen LogP contribution in [0.2, 0.25) is 0 Å². The summed E-state index contributed by atoms with van der Waals surface area (Å²) >= 11 is 0. The zero-order chi connectivity index (χ0) is 15.6. The van der Waals surface area contributed by atoms with Crippen molar-refractivity contribution in [3.05, 3.63) is 17.5 Å². The van der Waals surface area contributed by atoms with Gasteiger partial charge in [-0.05, 0) is 25.3 Å². The fraction of sp³-hybridized carbons (Fsp3) is 0.750. The number of aromatic nitrogens is 2. The SMILES string of the molecule is Cn1cc(CN2CCCC(CC(=O)O)C2)c(C(C)(C)C)n1. The molecule has 1 atom stereocenters. The lowest BCUT2D eigenvalue weighted by molar-refractivity contribution is -0.138. The molecule has 1 fully saturated rings. The Morgan fingerprint density at radius 2 is 2.19 bits per heavy atom. The molecule has 5 heteroatoms. The Morgan fingerprint density at radius 3 is 2.81 bits per heavy atom. The van der Waals surface area contributed by atoms with E-state index in [1.807, 2.05) is 11.7 Å². The van der Waals surface area contributed by atoms with Crippen molar-refractivity contribution in [2.75, 3.05) is 13.1 Å². The van der Waals surface area contributed by atoms with Gasteiger partial charge in [-0.2, -0.15) is 5.10 Å². The zero-order valence-corrected chi connectivity index (χ0v) is 13.6. The lowest BCUT2D eigenvalue weighted by Gasteiger charge is -2.32. The lowest BCUT2D eigenvalue weighted by atomic mass is 9.89. The Balaban J connectivity index is 2.06. The molecule has 1 aromatic rings. The highest BCUT2D eigenvalue weighted by Gasteiger charge is 2.26. The average molecular weight is 293 g/mol. The molecular formula is C16H27N3O2. The maximum Gasteiger partial charge on any atom is 0.303 e. The summed E-state index contributed by atoms with van der Waals surface area (Å²) in [6.07, 6.45) is 4.50. The van der Waals surface area contributed by atoms with Crippen LogP contribution in [0.15, 0.2) is 6.20 Å². The summed E-state index contributed by atoms with van der Waals surface area (Å²) in [5.41, 5.74) is 2.44. The van der Waals surface area contributed by atoms with Crippen LogP contribution in [0.4, 0.5) is 0 Å².